The summed E-state index contributed by atoms with van der Waals surface area (Å²) in [6.07, 6.45) is 0. The van der Waals surface area contributed by atoms with Gasteiger partial charge in [-0.05, 0) is 37.6 Å². The first-order chi connectivity index (χ1) is 7.20. The lowest BCUT2D eigenvalue weighted by molar-refractivity contribution is 0.832. The van der Waals surface area contributed by atoms with Crippen LogP contribution in [0.5, 0.6) is 0 Å². The fourth-order valence-electron chi connectivity index (χ4n) is 1.66. The largest absolute Gasteiger partial charge is 0.326 e. The van der Waals surface area contributed by atoms with Crippen molar-refractivity contribution in [3.05, 3.63) is 47.3 Å². The number of halogens is 2. The molecule has 0 amide bonds. The SMILES string of the molecule is Cc1cc(C)n(-c2ccc(CN)cc2)n1.Cl.Cl. The number of aryl methyl sites for hydroxylation is 2. The number of rotatable bonds is 2. The van der Waals surface area contributed by atoms with Crippen molar-refractivity contribution in [1.29, 1.82) is 0 Å². The summed E-state index contributed by atoms with van der Waals surface area (Å²) in [7, 11) is 0. The molecule has 17 heavy (non-hydrogen) atoms. The summed E-state index contributed by atoms with van der Waals surface area (Å²) in [5.41, 5.74) is 9.95. The van der Waals surface area contributed by atoms with Crippen LogP contribution in [0.2, 0.25) is 0 Å². The Morgan fingerprint density at radius 3 is 2.12 bits per heavy atom. The summed E-state index contributed by atoms with van der Waals surface area (Å²) in [5.74, 6) is 0. The van der Waals surface area contributed by atoms with Gasteiger partial charge in [0.2, 0.25) is 0 Å². The van der Waals surface area contributed by atoms with E-state index in [4.69, 9.17) is 5.73 Å². The summed E-state index contributed by atoms with van der Waals surface area (Å²) in [4.78, 5) is 0. The van der Waals surface area contributed by atoms with Crippen LogP contribution in [0.4, 0.5) is 0 Å². The van der Waals surface area contributed by atoms with Crippen molar-refractivity contribution in [2.45, 2.75) is 20.4 Å². The molecule has 2 rings (SSSR count). The van der Waals surface area contributed by atoms with Crippen LogP contribution in [0, 0.1) is 13.8 Å². The average molecular weight is 274 g/mol. The van der Waals surface area contributed by atoms with Gasteiger partial charge >= 0.3 is 0 Å². The summed E-state index contributed by atoms with van der Waals surface area (Å²) >= 11 is 0. The quantitative estimate of drug-likeness (QED) is 0.915. The molecule has 0 saturated carbocycles. The van der Waals surface area contributed by atoms with Crippen LogP contribution in [0.3, 0.4) is 0 Å². The van der Waals surface area contributed by atoms with E-state index in [0.717, 1.165) is 22.6 Å². The van der Waals surface area contributed by atoms with Crippen LogP contribution in [0.25, 0.3) is 5.69 Å². The molecular weight excluding hydrogens is 257 g/mol. The van der Waals surface area contributed by atoms with Gasteiger partial charge in [0.05, 0.1) is 11.4 Å². The minimum absolute atomic E-state index is 0. The van der Waals surface area contributed by atoms with Gasteiger partial charge in [-0.2, -0.15) is 5.10 Å². The van der Waals surface area contributed by atoms with Crippen molar-refractivity contribution in [2.75, 3.05) is 0 Å². The molecule has 0 aliphatic rings. The molecule has 3 nitrogen and oxygen atoms in total. The third-order valence-electron chi connectivity index (χ3n) is 2.43. The van der Waals surface area contributed by atoms with Gasteiger partial charge in [-0.3, -0.25) is 0 Å². The molecule has 0 atom stereocenters. The third kappa shape index (κ3) is 3.46. The fourth-order valence-corrected chi connectivity index (χ4v) is 1.66. The zero-order chi connectivity index (χ0) is 10.8. The molecule has 0 fully saturated rings. The molecule has 0 bridgehead atoms. The van der Waals surface area contributed by atoms with E-state index in [1.807, 2.05) is 35.9 Å². The number of nitrogens with zero attached hydrogens (tertiary/aromatic N) is 2. The van der Waals surface area contributed by atoms with Crippen LogP contribution in [-0.2, 0) is 6.54 Å². The smallest absolute Gasteiger partial charge is 0.0648 e. The zero-order valence-electron chi connectivity index (χ0n) is 9.88. The lowest BCUT2D eigenvalue weighted by Crippen LogP contribution is -2.00. The topological polar surface area (TPSA) is 43.8 Å². The monoisotopic (exact) mass is 273 g/mol. The standard InChI is InChI=1S/C12H15N3.2ClH/c1-9-7-10(2)15(14-9)12-5-3-11(8-13)4-6-12;;/h3-7H,8,13H2,1-2H3;2*1H. The lowest BCUT2D eigenvalue weighted by Gasteiger charge is -2.04. The summed E-state index contributed by atoms with van der Waals surface area (Å²) in [6, 6.07) is 10.2. The van der Waals surface area contributed by atoms with Crippen LogP contribution in [0.15, 0.2) is 30.3 Å². The predicted molar refractivity (Wildman–Crippen MR) is 75.4 cm³/mol. The van der Waals surface area contributed by atoms with Crippen LogP contribution in [-0.4, -0.2) is 9.78 Å². The van der Waals surface area contributed by atoms with E-state index in [0.29, 0.717) is 6.54 Å². The number of benzene rings is 1. The van der Waals surface area contributed by atoms with Crippen LogP contribution in [0.1, 0.15) is 17.0 Å². The molecule has 94 valence electrons. The van der Waals surface area contributed by atoms with E-state index in [2.05, 4.69) is 18.1 Å². The van der Waals surface area contributed by atoms with E-state index in [1.54, 1.807) is 0 Å². The molecule has 1 aromatic heterocycles. The number of nitrogens with two attached hydrogens (primary N) is 1. The minimum Gasteiger partial charge on any atom is -0.326 e. The Kier molecular flexibility index (Phi) is 6.24. The normalized spacial score (nSPS) is 9.35. The molecule has 0 aliphatic carbocycles. The number of aromatic nitrogens is 2. The lowest BCUT2D eigenvalue weighted by atomic mass is 10.2. The molecule has 1 aromatic carbocycles. The Balaban J connectivity index is 0.00000128. The predicted octanol–water partition coefficient (Wildman–Crippen LogP) is 2.79. The van der Waals surface area contributed by atoms with Gasteiger partial charge in [-0.1, -0.05) is 12.1 Å². The molecule has 0 unspecified atom stereocenters. The Morgan fingerprint density at radius 1 is 1.12 bits per heavy atom. The van der Waals surface area contributed by atoms with Crippen molar-refractivity contribution >= 4 is 24.8 Å². The third-order valence-corrected chi connectivity index (χ3v) is 2.43. The van der Waals surface area contributed by atoms with Gasteiger partial charge in [0, 0.05) is 12.2 Å². The maximum Gasteiger partial charge on any atom is 0.0648 e. The second-order valence-electron chi connectivity index (χ2n) is 3.71. The van der Waals surface area contributed by atoms with Gasteiger partial charge in [0.25, 0.3) is 0 Å². The van der Waals surface area contributed by atoms with Gasteiger partial charge in [-0.15, -0.1) is 24.8 Å². The van der Waals surface area contributed by atoms with E-state index < -0.39 is 0 Å². The fraction of sp³-hybridized carbons (Fsp3) is 0.250. The summed E-state index contributed by atoms with van der Waals surface area (Å²) in [6.45, 7) is 4.63. The molecule has 2 aromatic rings. The first-order valence-electron chi connectivity index (χ1n) is 5.03. The highest BCUT2D eigenvalue weighted by Crippen LogP contribution is 2.12. The first-order valence-corrected chi connectivity index (χ1v) is 5.03. The molecule has 0 spiro atoms. The van der Waals surface area contributed by atoms with Gasteiger partial charge in [0.15, 0.2) is 0 Å². The Hall–Kier alpha value is -1.03. The Bertz CT molecular complexity index is 463. The van der Waals surface area contributed by atoms with Crippen molar-refractivity contribution in [3.63, 3.8) is 0 Å². The van der Waals surface area contributed by atoms with Crippen molar-refractivity contribution in [2.24, 2.45) is 5.73 Å². The molecule has 2 N–H and O–H groups in total. The van der Waals surface area contributed by atoms with E-state index in [1.165, 1.54) is 0 Å². The van der Waals surface area contributed by atoms with E-state index in [-0.39, 0.29) is 24.8 Å². The molecule has 0 aliphatic heterocycles. The van der Waals surface area contributed by atoms with Crippen molar-refractivity contribution in [1.82, 2.24) is 9.78 Å². The molecule has 5 heteroatoms. The maximum absolute atomic E-state index is 5.55. The Labute approximate surface area is 114 Å². The van der Waals surface area contributed by atoms with Crippen LogP contribution >= 0.6 is 24.8 Å². The van der Waals surface area contributed by atoms with E-state index >= 15 is 0 Å². The highest BCUT2D eigenvalue weighted by Gasteiger charge is 2.02. The highest BCUT2D eigenvalue weighted by atomic mass is 35.5. The molecule has 0 saturated heterocycles. The van der Waals surface area contributed by atoms with Gasteiger partial charge < -0.3 is 5.73 Å². The van der Waals surface area contributed by atoms with Gasteiger partial charge in [-0.25, -0.2) is 4.68 Å². The van der Waals surface area contributed by atoms with Crippen molar-refractivity contribution < 1.29 is 0 Å². The van der Waals surface area contributed by atoms with E-state index in [9.17, 15) is 0 Å². The Morgan fingerprint density at radius 2 is 1.71 bits per heavy atom. The molecular formula is C12H17Cl2N3. The second-order valence-corrected chi connectivity index (χ2v) is 3.71. The summed E-state index contributed by atoms with van der Waals surface area (Å²) in [5, 5.41) is 4.42. The first kappa shape index (κ1) is 16.0. The maximum atomic E-state index is 5.55. The second kappa shape index (κ2) is 6.64. The minimum atomic E-state index is 0. The molecule has 1 heterocycles. The number of hydrogen-bond acceptors (Lipinski definition) is 2. The van der Waals surface area contributed by atoms with Crippen LogP contribution < -0.4 is 5.73 Å². The summed E-state index contributed by atoms with van der Waals surface area (Å²) < 4.78 is 1.94. The molecule has 0 radical (unpaired) electrons. The number of hydrogen-bond donors (Lipinski definition) is 1. The average Bonchev–Trinajstić information content (AvgIpc) is 2.58. The van der Waals surface area contributed by atoms with Gasteiger partial charge in [0.1, 0.15) is 0 Å². The zero-order valence-corrected chi connectivity index (χ0v) is 11.5. The highest BCUT2D eigenvalue weighted by molar-refractivity contribution is 5.85. The van der Waals surface area contributed by atoms with Crippen molar-refractivity contribution in [3.8, 4) is 5.69 Å².